The molecule has 2 aromatic carbocycles. The molecule has 1 aliphatic carbocycles. The van der Waals surface area contributed by atoms with Crippen molar-refractivity contribution in [2.45, 2.75) is 31.7 Å². The third-order valence-corrected chi connectivity index (χ3v) is 5.09. The highest BCUT2D eigenvalue weighted by Gasteiger charge is 2.51. The van der Waals surface area contributed by atoms with Crippen LogP contribution in [0.4, 0.5) is 0 Å². The molecular weight excluding hydrogens is 346 g/mol. The van der Waals surface area contributed by atoms with Gasteiger partial charge in [-0.25, -0.2) is 4.79 Å². The SMILES string of the molecule is COc1cc(C2(C(=O)NCc3ccc(C(=O)O)c(OC)c3)CC2)ccc1C. The number of nitrogens with one attached hydrogen (secondary N) is 1. The first kappa shape index (κ1) is 18.8. The highest BCUT2D eigenvalue weighted by molar-refractivity contribution is 5.92. The van der Waals surface area contributed by atoms with Crippen LogP contribution in [0.2, 0.25) is 0 Å². The highest BCUT2D eigenvalue weighted by Crippen LogP contribution is 2.49. The first-order chi connectivity index (χ1) is 12.9. The first-order valence-corrected chi connectivity index (χ1v) is 8.75. The van der Waals surface area contributed by atoms with E-state index in [0.717, 1.165) is 35.3 Å². The van der Waals surface area contributed by atoms with E-state index in [1.54, 1.807) is 19.2 Å². The second-order valence-corrected chi connectivity index (χ2v) is 6.79. The molecule has 0 aromatic heterocycles. The number of amides is 1. The van der Waals surface area contributed by atoms with E-state index < -0.39 is 11.4 Å². The molecular formula is C21H23NO5. The van der Waals surface area contributed by atoms with Gasteiger partial charge >= 0.3 is 5.97 Å². The van der Waals surface area contributed by atoms with Gasteiger partial charge < -0.3 is 19.9 Å². The monoisotopic (exact) mass is 369 g/mol. The topological polar surface area (TPSA) is 84.9 Å². The smallest absolute Gasteiger partial charge is 0.339 e. The maximum atomic E-state index is 12.8. The Morgan fingerprint density at radius 2 is 1.78 bits per heavy atom. The number of rotatable bonds is 7. The molecule has 1 fully saturated rings. The number of hydrogen-bond donors (Lipinski definition) is 2. The molecule has 142 valence electrons. The maximum absolute atomic E-state index is 12.8. The molecule has 1 amide bonds. The second kappa shape index (κ2) is 7.31. The molecule has 0 bridgehead atoms. The van der Waals surface area contributed by atoms with Gasteiger partial charge in [-0.1, -0.05) is 18.2 Å². The number of aryl methyl sites for hydroxylation is 1. The number of methoxy groups -OCH3 is 2. The van der Waals surface area contributed by atoms with Crippen LogP contribution in [0.3, 0.4) is 0 Å². The fourth-order valence-electron chi connectivity index (χ4n) is 3.26. The van der Waals surface area contributed by atoms with E-state index in [0.29, 0.717) is 6.54 Å². The minimum absolute atomic E-state index is 0.0327. The summed E-state index contributed by atoms with van der Waals surface area (Å²) in [7, 11) is 3.05. The van der Waals surface area contributed by atoms with Crippen molar-refractivity contribution in [2.24, 2.45) is 0 Å². The number of carbonyl (C=O) groups is 2. The molecule has 1 saturated carbocycles. The Balaban J connectivity index is 1.73. The van der Waals surface area contributed by atoms with Gasteiger partial charge in [0.25, 0.3) is 0 Å². The summed E-state index contributed by atoms with van der Waals surface area (Å²) in [6.07, 6.45) is 1.60. The van der Waals surface area contributed by atoms with Gasteiger partial charge in [0.15, 0.2) is 0 Å². The molecule has 3 rings (SSSR count). The van der Waals surface area contributed by atoms with Crippen LogP contribution in [0.15, 0.2) is 36.4 Å². The number of carboxylic acids is 1. The average Bonchev–Trinajstić information content (AvgIpc) is 3.48. The third-order valence-electron chi connectivity index (χ3n) is 5.09. The van der Waals surface area contributed by atoms with Crippen LogP contribution in [-0.4, -0.2) is 31.2 Å². The van der Waals surface area contributed by atoms with E-state index in [-0.39, 0.29) is 17.2 Å². The molecule has 27 heavy (non-hydrogen) atoms. The zero-order chi connectivity index (χ0) is 19.6. The number of aromatic carboxylic acids is 1. The normalized spacial score (nSPS) is 14.3. The van der Waals surface area contributed by atoms with Crippen LogP contribution in [0.25, 0.3) is 0 Å². The highest BCUT2D eigenvalue weighted by atomic mass is 16.5. The summed E-state index contributed by atoms with van der Waals surface area (Å²) in [4.78, 5) is 24.0. The Labute approximate surface area is 158 Å². The lowest BCUT2D eigenvalue weighted by Crippen LogP contribution is -2.34. The molecule has 2 N–H and O–H groups in total. The molecule has 1 aliphatic rings. The van der Waals surface area contributed by atoms with Crippen LogP contribution in [-0.2, 0) is 16.8 Å². The zero-order valence-corrected chi connectivity index (χ0v) is 15.7. The molecule has 6 heteroatoms. The van der Waals surface area contributed by atoms with E-state index in [4.69, 9.17) is 14.6 Å². The lowest BCUT2D eigenvalue weighted by atomic mass is 9.93. The standard InChI is InChI=1S/C21H23NO5/c1-13-4-6-15(11-17(13)26-2)21(8-9-21)20(25)22-12-14-5-7-16(19(23)24)18(10-14)27-3/h4-7,10-11H,8-9,12H2,1-3H3,(H,22,25)(H,23,24). The number of benzene rings is 2. The molecule has 6 nitrogen and oxygen atoms in total. The Morgan fingerprint density at radius 1 is 1.07 bits per heavy atom. The van der Waals surface area contributed by atoms with Crippen molar-refractivity contribution in [3.63, 3.8) is 0 Å². The molecule has 0 unspecified atom stereocenters. The van der Waals surface area contributed by atoms with Gasteiger partial charge in [-0.15, -0.1) is 0 Å². The van der Waals surface area contributed by atoms with Crippen molar-refractivity contribution in [3.8, 4) is 11.5 Å². The van der Waals surface area contributed by atoms with E-state index in [1.165, 1.54) is 13.2 Å². The van der Waals surface area contributed by atoms with Gasteiger partial charge in [0.2, 0.25) is 5.91 Å². The average molecular weight is 369 g/mol. The van der Waals surface area contributed by atoms with Crippen molar-refractivity contribution in [1.29, 1.82) is 0 Å². The van der Waals surface area contributed by atoms with Gasteiger partial charge in [-0.05, 0) is 54.7 Å². The minimum Gasteiger partial charge on any atom is -0.496 e. The van der Waals surface area contributed by atoms with Gasteiger partial charge in [0.05, 0.1) is 19.6 Å². The third kappa shape index (κ3) is 3.60. The quantitative estimate of drug-likeness (QED) is 0.784. The van der Waals surface area contributed by atoms with Crippen LogP contribution < -0.4 is 14.8 Å². The molecule has 0 aliphatic heterocycles. The summed E-state index contributed by atoms with van der Waals surface area (Å²) < 4.78 is 10.5. The predicted molar refractivity (Wildman–Crippen MR) is 100 cm³/mol. The van der Waals surface area contributed by atoms with Gasteiger partial charge in [-0.3, -0.25) is 4.79 Å². The molecule has 2 aromatic rings. The van der Waals surface area contributed by atoms with Crippen molar-refractivity contribution < 1.29 is 24.2 Å². The van der Waals surface area contributed by atoms with Crippen LogP contribution in [0.5, 0.6) is 11.5 Å². The Kier molecular flexibility index (Phi) is 5.08. The zero-order valence-electron chi connectivity index (χ0n) is 15.7. The van der Waals surface area contributed by atoms with Gasteiger partial charge in [0.1, 0.15) is 17.1 Å². The van der Waals surface area contributed by atoms with E-state index in [2.05, 4.69) is 5.32 Å². The summed E-state index contributed by atoms with van der Waals surface area (Å²) in [6, 6.07) is 10.7. The van der Waals surface area contributed by atoms with E-state index in [9.17, 15) is 9.59 Å². The maximum Gasteiger partial charge on any atom is 0.339 e. The van der Waals surface area contributed by atoms with Crippen molar-refractivity contribution >= 4 is 11.9 Å². The van der Waals surface area contributed by atoms with E-state index in [1.807, 2.05) is 25.1 Å². The fourth-order valence-corrected chi connectivity index (χ4v) is 3.26. The van der Waals surface area contributed by atoms with Crippen molar-refractivity contribution in [1.82, 2.24) is 5.32 Å². The lowest BCUT2D eigenvalue weighted by Gasteiger charge is -2.18. The summed E-state index contributed by atoms with van der Waals surface area (Å²) in [6.45, 7) is 2.27. The number of carboxylic acid groups (broad SMARTS) is 1. The van der Waals surface area contributed by atoms with Gasteiger partial charge in [-0.2, -0.15) is 0 Å². The molecule has 0 atom stereocenters. The predicted octanol–water partition coefficient (Wildman–Crippen LogP) is 3.06. The van der Waals surface area contributed by atoms with Crippen LogP contribution in [0.1, 0.15) is 39.9 Å². The summed E-state index contributed by atoms with van der Waals surface area (Å²) in [5.74, 6) is -0.0263. The van der Waals surface area contributed by atoms with Gasteiger partial charge in [0, 0.05) is 6.54 Å². The lowest BCUT2D eigenvalue weighted by molar-refractivity contribution is -0.123. The molecule has 0 heterocycles. The number of hydrogen-bond acceptors (Lipinski definition) is 4. The Morgan fingerprint density at radius 3 is 2.37 bits per heavy atom. The van der Waals surface area contributed by atoms with E-state index >= 15 is 0 Å². The molecule has 0 radical (unpaired) electrons. The summed E-state index contributed by atoms with van der Waals surface area (Å²) in [5, 5.41) is 12.1. The molecule has 0 spiro atoms. The Hall–Kier alpha value is -3.02. The van der Waals surface area contributed by atoms with Crippen LogP contribution >= 0.6 is 0 Å². The largest absolute Gasteiger partial charge is 0.496 e. The first-order valence-electron chi connectivity index (χ1n) is 8.75. The molecule has 0 saturated heterocycles. The van der Waals surface area contributed by atoms with Crippen LogP contribution in [0, 0.1) is 6.92 Å². The number of carbonyl (C=O) groups excluding carboxylic acids is 1. The minimum atomic E-state index is -1.05. The summed E-state index contributed by atoms with van der Waals surface area (Å²) >= 11 is 0. The van der Waals surface area contributed by atoms with Crippen molar-refractivity contribution in [2.75, 3.05) is 14.2 Å². The number of ether oxygens (including phenoxy) is 2. The fraction of sp³-hybridized carbons (Fsp3) is 0.333. The van der Waals surface area contributed by atoms with Crippen molar-refractivity contribution in [3.05, 3.63) is 58.7 Å². The Bertz CT molecular complexity index is 886. The second-order valence-electron chi connectivity index (χ2n) is 6.79. The summed E-state index contributed by atoms with van der Waals surface area (Å²) in [5.41, 5.74) is 2.36.